The maximum Gasteiger partial charge on any atom is 0.0821 e. The average Bonchev–Trinajstić information content (AvgIpc) is 2.20. The summed E-state index contributed by atoms with van der Waals surface area (Å²) in [7, 11) is 4.78. The van der Waals surface area contributed by atoms with Gasteiger partial charge in [-0.2, -0.15) is 0 Å². The second-order valence-corrected chi connectivity index (χ2v) is 8.80. The van der Waals surface area contributed by atoms with E-state index in [0.29, 0.717) is 10.8 Å². The fraction of sp³-hybridized carbons (Fsp3) is 1.00. The number of hydrogen-bond donors (Lipinski definition) is 0. The van der Waals surface area contributed by atoms with Crippen molar-refractivity contribution in [3.63, 3.8) is 0 Å². The quantitative estimate of drug-likeness (QED) is 0.597. The van der Waals surface area contributed by atoms with Crippen molar-refractivity contribution in [1.29, 1.82) is 0 Å². The van der Waals surface area contributed by atoms with Gasteiger partial charge in [0.15, 0.2) is 0 Å². The van der Waals surface area contributed by atoms with E-state index in [2.05, 4.69) is 55.6 Å². The zero-order valence-corrected chi connectivity index (χ0v) is 12.7. The van der Waals surface area contributed by atoms with Gasteiger partial charge in [0.05, 0.1) is 27.2 Å². The molecule has 1 rings (SSSR count). The number of nitrogens with zero attached hydrogens (tertiary/aromatic N) is 1. The Morgan fingerprint density at radius 2 is 1.44 bits per heavy atom. The van der Waals surface area contributed by atoms with Crippen LogP contribution in [0, 0.1) is 22.7 Å². The molecule has 1 nitrogen and oxygen atoms in total. The Balaban J connectivity index is 2.81. The Morgan fingerprint density at radius 1 is 0.938 bits per heavy atom. The van der Waals surface area contributed by atoms with Gasteiger partial charge in [-0.05, 0) is 17.3 Å². The van der Waals surface area contributed by atoms with Gasteiger partial charge in [-0.1, -0.05) is 41.5 Å². The van der Waals surface area contributed by atoms with E-state index in [9.17, 15) is 0 Å². The van der Waals surface area contributed by atoms with Crippen LogP contribution in [0.5, 0.6) is 0 Å². The SMILES string of the molecule is CC(C)(C)CC1C[N+](C)(C)CC1C(C)(C)C. The van der Waals surface area contributed by atoms with Gasteiger partial charge in [-0.3, -0.25) is 0 Å². The molecule has 0 radical (unpaired) electrons. The minimum atomic E-state index is 0.460. The highest BCUT2D eigenvalue weighted by Crippen LogP contribution is 2.44. The van der Waals surface area contributed by atoms with Crippen LogP contribution in [0.4, 0.5) is 0 Å². The first-order valence-corrected chi connectivity index (χ1v) is 6.73. The van der Waals surface area contributed by atoms with Gasteiger partial charge in [0, 0.05) is 11.8 Å². The first-order valence-electron chi connectivity index (χ1n) is 6.73. The molecule has 0 aliphatic carbocycles. The van der Waals surface area contributed by atoms with Crippen LogP contribution in [0.3, 0.4) is 0 Å². The van der Waals surface area contributed by atoms with E-state index in [1.54, 1.807) is 0 Å². The maximum atomic E-state index is 2.42. The third-order valence-corrected chi connectivity index (χ3v) is 3.98. The zero-order valence-electron chi connectivity index (χ0n) is 12.7. The molecular weight excluding hydrogens is 194 g/mol. The lowest BCUT2D eigenvalue weighted by Gasteiger charge is -2.32. The summed E-state index contributed by atoms with van der Waals surface area (Å²) in [5, 5.41) is 0. The molecule has 2 unspecified atom stereocenters. The van der Waals surface area contributed by atoms with Gasteiger partial charge in [-0.25, -0.2) is 0 Å². The molecule has 16 heavy (non-hydrogen) atoms. The van der Waals surface area contributed by atoms with Crippen LogP contribution in [0.25, 0.3) is 0 Å². The van der Waals surface area contributed by atoms with Gasteiger partial charge >= 0.3 is 0 Å². The van der Waals surface area contributed by atoms with E-state index in [1.807, 2.05) is 0 Å². The fourth-order valence-corrected chi connectivity index (χ4v) is 3.49. The maximum absolute atomic E-state index is 2.42. The van der Waals surface area contributed by atoms with Crippen LogP contribution in [0.15, 0.2) is 0 Å². The van der Waals surface area contributed by atoms with Gasteiger partial charge in [0.2, 0.25) is 0 Å². The molecule has 1 heteroatoms. The highest BCUT2D eigenvalue weighted by Gasteiger charge is 2.46. The summed E-state index contributed by atoms with van der Waals surface area (Å²) >= 11 is 0. The van der Waals surface area contributed by atoms with Gasteiger partial charge in [0.25, 0.3) is 0 Å². The monoisotopic (exact) mass is 226 g/mol. The lowest BCUT2D eigenvalue weighted by Crippen LogP contribution is -2.38. The summed E-state index contributed by atoms with van der Waals surface area (Å²) in [4.78, 5) is 0. The third-order valence-electron chi connectivity index (χ3n) is 3.98. The van der Waals surface area contributed by atoms with Crippen LogP contribution in [-0.4, -0.2) is 31.7 Å². The van der Waals surface area contributed by atoms with Gasteiger partial charge in [-0.15, -0.1) is 0 Å². The molecule has 1 fully saturated rings. The van der Waals surface area contributed by atoms with Crippen LogP contribution in [0.1, 0.15) is 48.0 Å². The van der Waals surface area contributed by atoms with Crippen molar-refractivity contribution in [1.82, 2.24) is 0 Å². The Morgan fingerprint density at radius 3 is 1.81 bits per heavy atom. The van der Waals surface area contributed by atoms with E-state index in [-0.39, 0.29) is 0 Å². The van der Waals surface area contributed by atoms with Crippen LogP contribution in [0.2, 0.25) is 0 Å². The molecule has 0 aromatic carbocycles. The van der Waals surface area contributed by atoms with Crippen molar-refractivity contribution in [3.8, 4) is 0 Å². The largest absolute Gasteiger partial charge is 0.328 e. The second-order valence-electron chi connectivity index (χ2n) is 8.80. The summed E-state index contributed by atoms with van der Waals surface area (Å²) in [5.41, 5.74) is 0.931. The minimum Gasteiger partial charge on any atom is -0.328 e. The predicted octanol–water partition coefficient (Wildman–Crippen LogP) is 3.79. The standard InChI is InChI=1S/C15H32N/c1-14(2,3)9-12-10-16(7,8)11-13(12)15(4,5)6/h12-13H,9-11H2,1-8H3/q+1. The van der Waals surface area contributed by atoms with Crippen LogP contribution in [-0.2, 0) is 0 Å². The smallest absolute Gasteiger partial charge is 0.0821 e. The highest BCUT2D eigenvalue weighted by atomic mass is 15.3. The Kier molecular flexibility index (Phi) is 3.52. The Bertz CT molecular complexity index is 239. The molecule has 0 aromatic rings. The normalized spacial score (nSPS) is 30.8. The van der Waals surface area contributed by atoms with Crippen LogP contribution >= 0.6 is 0 Å². The molecule has 0 aromatic heterocycles. The molecule has 0 bridgehead atoms. The number of hydrogen-bond acceptors (Lipinski definition) is 0. The summed E-state index contributed by atoms with van der Waals surface area (Å²) in [6, 6.07) is 0. The first-order chi connectivity index (χ1) is 6.91. The molecule has 0 saturated carbocycles. The van der Waals surface area contributed by atoms with Crippen LogP contribution < -0.4 is 0 Å². The van der Waals surface area contributed by atoms with E-state index in [4.69, 9.17) is 0 Å². The number of likely N-dealkylation sites (tertiary alicyclic amines) is 1. The molecule has 0 spiro atoms. The summed E-state index contributed by atoms with van der Waals surface area (Å²) in [6.45, 7) is 17.1. The highest BCUT2D eigenvalue weighted by molar-refractivity contribution is 4.86. The molecule has 1 saturated heterocycles. The summed E-state index contributed by atoms with van der Waals surface area (Å²) < 4.78 is 1.21. The van der Waals surface area contributed by atoms with E-state index in [1.165, 1.54) is 24.0 Å². The second kappa shape index (κ2) is 4.01. The van der Waals surface area contributed by atoms with E-state index >= 15 is 0 Å². The number of rotatable bonds is 1. The molecule has 1 aliphatic rings. The predicted molar refractivity (Wildman–Crippen MR) is 72.3 cm³/mol. The Hall–Kier alpha value is -0.0400. The van der Waals surface area contributed by atoms with E-state index < -0.39 is 0 Å². The van der Waals surface area contributed by atoms with Crippen molar-refractivity contribution in [2.24, 2.45) is 22.7 Å². The molecule has 1 aliphatic heterocycles. The van der Waals surface area contributed by atoms with Crippen molar-refractivity contribution >= 4 is 0 Å². The fourth-order valence-electron chi connectivity index (χ4n) is 3.49. The van der Waals surface area contributed by atoms with Crippen molar-refractivity contribution in [3.05, 3.63) is 0 Å². The summed E-state index contributed by atoms with van der Waals surface area (Å²) in [5.74, 6) is 1.77. The lowest BCUT2D eigenvalue weighted by molar-refractivity contribution is -0.881. The lowest BCUT2D eigenvalue weighted by atomic mass is 9.70. The molecule has 1 heterocycles. The van der Waals surface area contributed by atoms with Crippen molar-refractivity contribution in [2.45, 2.75) is 48.0 Å². The van der Waals surface area contributed by atoms with Gasteiger partial charge < -0.3 is 4.48 Å². The summed E-state index contributed by atoms with van der Waals surface area (Å²) in [6.07, 6.45) is 1.37. The van der Waals surface area contributed by atoms with Crippen molar-refractivity contribution < 1.29 is 4.48 Å². The topological polar surface area (TPSA) is 0 Å². The Labute approximate surface area is 103 Å². The molecule has 0 N–H and O–H groups in total. The van der Waals surface area contributed by atoms with Crippen molar-refractivity contribution in [2.75, 3.05) is 27.2 Å². The molecule has 2 atom stereocenters. The molecule has 96 valence electrons. The van der Waals surface area contributed by atoms with Gasteiger partial charge in [0.1, 0.15) is 0 Å². The first kappa shape index (κ1) is 14.0. The number of quaternary nitrogens is 1. The average molecular weight is 226 g/mol. The molecule has 0 amide bonds. The third kappa shape index (κ3) is 3.76. The van der Waals surface area contributed by atoms with E-state index in [0.717, 1.165) is 11.8 Å². The zero-order chi connectivity index (χ0) is 12.8. The molecular formula is C15H32N+. The minimum absolute atomic E-state index is 0.460.